The van der Waals surface area contributed by atoms with Crippen molar-refractivity contribution in [3.63, 3.8) is 0 Å². The van der Waals surface area contributed by atoms with E-state index in [4.69, 9.17) is 8.83 Å². The van der Waals surface area contributed by atoms with Gasteiger partial charge in [-0.1, -0.05) is 305 Å². The summed E-state index contributed by atoms with van der Waals surface area (Å²) in [5.41, 5.74) is 29.5. The van der Waals surface area contributed by atoms with Crippen molar-refractivity contribution >= 4 is 97.7 Å². The van der Waals surface area contributed by atoms with Crippen LogP contribution >= 0.6 is 0 Å². The molecule has 3 aliphatic carbocycles. The molecular formula is C96H60O2. The zero-order valence-electron chi connectivity index (χ0n) is 54.0. The van der Waals surface area contributed by atoms with Crippen LogP contribution in [0.5, 0.6) is 0 Å². The van der Waals surface area contributed by atoms with E-state index in [1.807, 2.05) is 12.1 Å². The zero-order valence-corrected chi connectivity index (χ0v) is 54.0. The average Bonchev–Trinajstić information content (AvgIpc) is 1.50. The van der Waals surface area contributed by atoms with Gasteiger partial charge in [-0.3, -0.25) is 0 Å². The van der Waals surface area contributed by atoms with Crippen molar-refractivity contribution in [3.05, 3.63) is 361 Å². The van der Waals surface area contributed by atoms with E-state index >= 15 is 0 Å². The molecule has 2 aromatic heterocycles. The first-order valence-corrected chi connectivity index (χ1v) is 34.2. The molecule has 17 aromatic carbocycles. The normalized spacial score (nSPS) is 13.6. The highest BCUT2D eigenvalue weighted by Crippen LogP contribution is 2.64. The highest BCUT2D eigenvalue weighted by atomic mass is 16.3. The molecule has 0 saturated heterocycles. The van der Waals surface area contributed by atoms with Gasteiger partial charge in [0.2, 0.25) is 0 Å². The molecule has 0 radical (unpaired) electrons. The molecule has 0 N–H and O–H groups in total. The van der Waals surface area contributed by atoms with Gasteiger partial charge in [0.15, 0.2) is 0 Å². The second-order valence-corrected chi connectivity index (χ2v) is 27.4. The largest absolute Gasteiger partial charge is 0.456 e. The molecule has 0 saturated carbocycles. The number of benzene rings is 17. The first kappa shape index (κ1) is 55.0. The third-order valence-corrected chi connectivity index (χ3v) is 22.3. The maximum absolute atomic E-state index is 6.40. The molecule has 1 spiro atoms. The maximum Gasteiger partial charge on any atom is 0.136 e. The summed E-state index contributed by atoms with van der Waals surface area (Å²) in [7, 11) is 0. The highest BCUT2D eigenvalue weighted by Gasteiger charge is 2.51. The van der Waals surface area contributed by atoms with E-state index in [1.165, 1.54) is 171 Å². The number of hydrogen-bond donors (Lipinski definition) is 0. The van der Waals surface area contributed by atoms with E-state index in [0.29, 0.717) is 0 Å². The Bertz CT molecular complexity index is 6490. The van der Waals surface area contributed by atoms with E-state index < -0.39 is 5.41 Å². The number of hydrogen-bond acceptors (Lipinski definition) is 2. The lowest BCUT2D eigenvalue weighted by Gasteiger charge is -2.30. The molecule has 3 aliphatic rings. The van der Waals surface area contributed by atoms with Crippen molar-refractivity contribution < 1.29 is 8.83 Å². The van der Waals surface area contributed by atoms with Crippen LogP contribution in [0.25, 0.3) is 176 Å². The highest BCUT2D eigenvalue weighted by molar-refractivity contribution is 6.30. The van der Waals surface area contributed by atoms with Gasteiger partial charge in [-0.25, -0.2) is 0 Å². The van der Waals surface area contributed by atoms with Gasteiger partial charge in [-0.2, -0.15) is 0 Å². The van der Waals surface area contributed by atoms with Gasteiger partial charge in [-0.15, -0.1) is 0 Å². The van der Waals surface area contributed by atoms with Crippen LogP contribution in [-0.4, -0.2) is 0 Å². The van der Waals surface area contributed by atoms with E-state index in [9.17, 15) is 0 Å². The van der Waals surface area contributed by atoms with Crippen LogP contribution in [-0.2, 0) is 10.8 Å². The molecule has 2 heterocycles. The van der Waals surface area contributed by atoms with Crippen LogP contribution in [0, 0.1) is 0 Å². The topological polar surface area (TPSA) is 26.3 Å². The molecule has 0 fully saturated rings. The predicted molar refractivity (Wildman–Crippen MR) is 411 cm³/mol. The Labute approximate surface area is 566 Å². The SMILES string of the molecule is CC1(C)c2ccccc2-c2c1cc1ccccc1c2-c1c2ccccc2c(-c2cccc3oc4ccccc4c23)c2ccccc12.c1ccc2c(c1)-c1ccccc1C21c2ccccc2-c2ccc(-c3c4ccccc4c(-c4cccc5oc6ccccc6c45)c4ccccc34)cc21. The monoisotopic (exact) mass is 1240 g/mol. The summed E-state index contributed by atoms with van der Waals surface area (Å²) >= 11 is 0. The lowest BCUT2D eigenvalue weighted by molar-refractivity contribution is 0.661. The summed E-state index contributed by atoms with van der Waals surface area (Å²) < 4.78 is 12.8. The van der Waals surface area contributed by atoms with Crippen molar-refractivity contribution in [2.45, 2.75) is 24.7 Å². The quantitative estimate of drug-likeness (QED) is 0.164. The van der Waals surface area contributed by atoms with Crippen LogP contribution in [0.4, 0.5) is 0 Å². The Hall–Kier alpha value is -12.4. The van der Waals surface area contributed by atoms with Crippen LogP contribution in [0.15, 0.2) is 336 Å². The van der Waals surface area contributed by atoms with Crippen LogP contribution in [0.3, 0.4) is 0 Å². The number of fused-ring (bicyclic) bond motifs is 24. The van der Waals surface area contributed by atoms with Crippen molar-refractivity contribution in [1.29, 1.82) is 0 Å². The Balaban J connectivity index is 0.000000130. The Morgan fingerprint density at radius 2 is 0.551 bits per heavy atom. The summed E-state index contributed by atoms with van der Waals surface area (Å²) in [6, 6.07) is 121. The predicted octanol–water partition coefficient (Wildman–Crippen LogP) is 26.3. The molecule has 22 rings (SSSR count). The number of para-hydroxylation sites is 2. The molecule has 19 aromatic rings. The van der Waals surface area contributed by atoms with Crippen molar-refractivity contribution in [2.75, 3.05) is 0 Å². The molecule has 98 heavy (non-hydrogen) atoms. The van der Waals surface area contributed by atoms with Gasteiger partial charge in [-0.05, 0) is 202 Å². The zero-order chi connectivity index (χ0) is 64.5. The molecular weight excluding hydrogens is 1190 g/mol. The molecule has 456 valence electrons. The minimum atomic E-state index is -0.390. The Morgan fingerprint density at radius 3 is 1.03 bits per heavy atom. The van der Waals surface area contributed by atoms with Gasteiger partial charge < -0.3 is 8.83 Å². The summed E-state index contributed by atoms with van der Waals surface area (Å²) in [5.74, 6) is 0. The fourth-order valence-corrected chi connectivity index (χ4v) is 18.4. The third kappa shape index (κ3) is 7.41. The average molecular weight is 1250 g/mol. The van der Waals surface area contributed by atoms with Crippen molar-refractivity contribution in [1.82, 2.24) is 0 Å². The van der Waals surface area contributed by atoms with Crippen LogP contribution in [0.2, 0.25) is 0 Å². The van der Waals surface area contributed by atoms with E-state index in [-0.39, 0.29) is 5.41 Å². The third-order valence-electron chi connectivity index (χ3n) is 22.3. The number of furan rings is 2. The minimum absolute atomic E-state index is 0.103. The van der Waals surface area contributed by atoms with E-state index in [0.717, 1.165) is 38.5 Å². The van der Waals surface area contributed by atoms with Gasteiger partial charge in [0.1, 0.15) is 22.3 Å². The van der Waals surface area contributed by atoms with Crippen LogP contribution < -0.4 is 0 Å². The second-order valence-electron chi connectivity index (χ2n) is 27.4. The molecule has 0 unspecified atom stereocenters. The molecule has 0 bridgehead atoms. The molecule has 0 atom stereocenters. The van der Waals surface area contributed by atoms with Gasteiger partial charge >= 0.3 is 0 Å². The first-order valence-electron chi connectivity index (χ1n) is 34.2. The summed E-state index contributed by atoms with van der Waals surface area (Å²) in [6.07, 6.45) is 0. The van der Waals surface area contributed by atoms with Crippen molar-refractivity contribution in [2.24, 2.45) is 0 Å². The fraction of sp³-hybridized carbons (Fsp3) is 0.0417. The molecule has 2 heteroatoms. The Kier molecular flexibility index (Phi) is 11.5. The molecule has 2 nitrogen and oxygen atoms in total. The second kappa shape index (κ2) is 20.6. The number of rotatable bonds is 4. The van der Waals surface area contributed by atoms with Gasteiger partial charge in [0.25, 0.3) is 0 Å². The lowest BCUT2D eigenvalue weighted by Crippen LogP contribution is -2.25. The summed E-state index contributed by atoms with van der Waals surface area (Å²) in [6.45, 7) is 4.76. The maximum atomic E-state index is 6.40. The van der Waals surface area contributed by atoms with E-state index in [1.54, 1.807) is 0 Å². The molecule has 0 aliphatic heterocycles. The first-order chi connectivity index (χ1) is 48.4. The van der Waals surface area contributed by atoms with Gasteiger partial charge in [0.05, 0.1) is 5.41 Å². The van der Waals surface area contributed by atoms with Crippen LogP contribution in [0.1, 0.15) is 47.2 Å². The fourth-order valence-electron chi connectivity index (χ4n) is 18.4. The smallest absolute Gasteiger partial charge is 0.136 e. The Morgan fingerprint density at radius 1 is 0.204 bits per heavy atom. The van der Waals surface area contributed by atoms with E-state index in [2.05, 4.69) is 329 Å². The lowest BCUT2D eigenvalue weighted by atomic mass is 9.70. The molecule has 0 amide bonds. The van der Waals surface area contributed by atoms with Crippen molar-refractivity contribution in [3.8, 4) is 77.9 Å². The van der Waals surface area contributed by atoms with Gasteiger partial charge in [0, 0.05) is 27.0 Å². The standard InChI is InChI=1S/C51H30O.C45H30O/c1-3-19-38-36(17-1)48(37-18-2-4-20-39(37)49(38)41-22-13-27-47-50(41)40-21-8-12-26-46(40)52-47)31-28-29-35-34-16-7-11-25-44(34)51(45(35)30-31)42-23-9-5-14-32(42)33-15-6-10-24-43(33)51;1-45(2)36-23-11-9-20-33(36)43-37(45)26-27-14-3-4-15-28(27)44(43)42-31-18-7-5-16-29(31)40(30-17-6-8-19-32(30)42)35-22-13-25-39-41(35)34-21-10-12-24-38(34)46-39/h1-30H;3-26H,1-2H3. The summed E-state index contributed by atoms with van der Waals surface area (Å²) in [5, 5.41) is 17.2. The minimum Gasteiger partial charge on any atom is -0.456 e. The summed E-state index contributed by atoms with van der Waals surface area (Å²) in [4.78, 5) is 0.